The normalized spacial score (nSPS) is 11.3. The summed E-state index contributed by atoms with van der Waals surface area (Å²) < 4.78 is 26.0. The summed E-state index contributed by atoms with van der Waals surface area (Å²) in [6.07, 6.45) is 1.63. The van der Waals surface area contributed by atoms with Crippen LogP contribution in [0.15, 0.2) is 42.5 Å². The van der Waals surface area contributed by atoms with Crippen molar-refractivity contribution in [1.82, 2.24) is 5.32 Å². The first-order valence-electron chi connectivity index (χ1n) is 10.7. The molecule has 0 fully saturated rings. The van der Waals surface area contributed by atoms with Crippen molar-refractivity contribution in [3.05, 3.63) is 59.2 Å². The highest BCUT2D eigenvalue weighted by Crippen LogP contribution is 2.22. The van der Waals surface area contributed by atoms with E-state index >= 15 is 0 Å². The van der Waals surface area contributed by atoms with Gasteiger partial charge in [0.2, 0.25) is 15.9 Å². The van der Waals surface area contributed by atoms with E-state index in [-0.39, 0.29) is 24.8 Å². The van der Waals surface area contributed by atoms with Crippen molar-refractivity contribution in [2.45, 2.75) is 40.5 Å². The monoisotopic (exact) mass is 459 g/mol. The Morgan fingerprint density at radius 3 is 2.25 bits per heavy atom. The lowest BCUT2D eigenvalue weighted by molar-refractivity contribution is -0.116. The van der Waals surface area contributed by atoms with Gasteiger partial charge in [-0.3, -0.25) is 13.9 Å². The van der Waals surface area contributed by atoms with Crippen LogP contribution in [0.25, 0.3) is 0 Å². The quantitative estimate of drug-likeness (QED) is 0.564. The number of aryl methyl sites for hydroxylation is 2. The van der Waals surface area contributed by atoms with Gasteiger partial charge in [0.05, 0.1) is 23.2 Å². The Balaban J connectivity index is 2.03. The molecule has 0 saturated heterocycles. The number of nitrogens with one attached hydrogen (secondary N) is 2. The van der Waals surface area contributed by atoms with Crippen molar-refractivity contribution in [2.75, 3.05) is 29.0 Å². The van der Waals surface area contributed by atoms with Crippen molar-refractivity contribution in [2.24, 2.45) is 5.92 Å². The van der Waals surface area contributed by atoms with Crippen LogP contribution in [-0.4, -0.2) is 39.6 Å². The number of hydrogen-bond acceptors (Lipinski definition) is 4. The number of amides is 2. The summed E-state index contributed by atoms with van der Waals surface area (Å²) in [6.45, 7) is 8.57. The molecule has 7 nitrogen and oxygen atoms in total. The second kappa shape index (κ2) is 11.1. The summed E-state index contributed by atoms with van der Waals surface area (Å²) in [5.74, 6) is -0.202. The lowest BCUT2D eigenvalue weighted by Gasteiger charge is -2.23. The molecule has 174 valence electrons. The zero-order valence-corrected chi connectivity index (χ0v) is 20.3. The van der Waals surface area contributed by atoms with Crippen LogP contribution in [0.3, 0.4) is 0 Å². The zero-order valence-electron chi connectivity index (χ0n) is 19.4. The molecule has 0 spiro atoms. The molecule has 0 atom stereocenters. The third kappa shape index (κ3) is 7.67. The topological polar surface area (TPSA) is 95.6 Å². The van der Waals surface area contributed by atoms with Gasteiger partial charge in [-0.15, -0.1) is 0 Å². The van der Waals surface area contributed by atoms with Gasteiger partial charge >= 0.3 is 0 Å². The molecule has 0 heterocycles. The Bertz CT molecular complexity index is 1040. The Morgan fingerprint density at radius 2 is 1.66 bits per heavy atom. The fourth-order valence-electron chi connectivity index (χ4n) is 3.36. The molecule has 2 rings (SSSR count). The summed E-state index contributed by atoms with van der Waals surface area (Å²) in [5, 5.41) is 5.63. The molecule has 0 saturated carbocycles. The largest absolute Gasteiger partial charge is 0.352 e. The molecular weight excluding hydrogens is 426 g/mol. The first-order chi connectivity index (χ1) is 15.0. The third-order valence-electron chi connectivity index (χ3n) is 4.78. The average molecular weight is 460 g/mol. The molecule has 0 aliphatic heterocycles. The van der Waals surface area contributed by atoms with E-state index in [4.69, 9.17) is 0 Å². The van der Waals surface area contributed by atoms with Crippen molar-refractivity contribution < 1.29 is 18.0 Å². The maximum atomic E-state index is 12.5. The molecule has 2 aromatic carbocycles. The van der Waals surface area contributed by atoms with E-state index in [2.05, 4.69) is 10.6 Å². The van der Waals surface area contributed by atoms with Crippen molar-refractivity contribution in [1.29, 1.82) is 0 Å². The Morgan fingerprint density at radius 1 is 1.03 bits per heavy atom. The van der Waals surface area contributed by atoms with Gasteiger partial charge in [0.15, 0.2) is 0 Å². The van der Waals surface area contributed by atoms with Gasteiger partial charge in [0, 0.05) is 19.5 Å². The molecule has 0 aliphatic carbocycles. The van der Waals surface area contributed by atoms with Crippen molar-refractivity contribution in [3.8, 4) is 0 Å². The lowest BCUT2D eigenvalue weighted by atomic mass is 10.1. The van der Waals surface area contributed by atoms with Gasteiger partial charge in [-0.25, -0.2) is 8.42 Å². The number of nitrogens with zero attached hydrogens (tertiary/aromatic N) is 1. The highest BCUT2D eigenvalue weighted by atomic mass is 32.2. The van der Waals surface area contributed by atoms with Crippen molar-refractivity contribution in [3.63, 3.8) is 0 Å². The molecule has 0 radical (unpaired) electrons. The summed E-state index contributed by atoms with van der Waals surface area (Å²) in [7, 11) is -3.49. The van der Waals surface area contributed by atoms with Crippen LogP contribution < -0.4 is 14.9 Å². The molecule has 0 bridgehead atoms. The third-order valence-corrected chi connectivity index (χ3v) is 5.97. The van der Waals surface area contributed by atoms with Crippen LogP contribution in [0.4, 0.5) is 11.4 Å². The van der Waals surface area contributed by atoms with E-state index in [9.17, 15) is 18.0 Å². The maximum Gasteiger partial charge on any atom is 0.253 e. The van der Waals surface area contributed by atoms with E-state index in [1.54, 1.807) is 24.3 Å². The molecule has 2 N–H and O–H groups in total. The van der Waals surface area contributed by atoms with E-state index in [1.165, 1.54) is 4.31 Å². The van der Waals surface area contributed by atoms with Gasteiger partial charge in [-0.1, -0.05) is 32.0 Å². The minimum absolute atomic E-state index is 0.124. The number of sulfonamides is 1. The maximum absolute atomic E-state index is 12.5. The number of hydrogen-bond donors (Lipinski definition) is 2. The second-order valence-electron chi connectivity index (χ2n) is 8.48. The van der Waals surface area contributed by atoms with Gasteiger partial charge < -0.3 is 10.6 Å². The van der Waals surface area contributed by atoms with Gasteiger partial charge in [0.1, 0.15) is 0 Å². The van der Waals surface area contributed by atoms with Crippen LogP contribution in [0.1, 0.15) is 48.2 Å². The van der Waals surface area contributed by atoms with Crippen LogP contribution in [-0.2, 0) is 14.8 Å². The zero-order chi connectivity index (χ0) is 23.9. The number of carbonyl (C=O) groups excluding carboxylic acids is 2. The molecule has 8 heteroatoms. The number of anilines is 2. The van der Waals surface area contributed by atoms with Gasteiger partial charge in [-0.2, -0.15) is 0 Å². The standard InChI is InChI=1S/C24H33N3O4S/c1-17(2)16-25-24(29)21-9-6-7-10-22(21)26-23(28)11-8-12-27(32(5,30)31)20-14-18(3)13-19(4)15-20/h6-7,9-10,13-15,17H,8,11-12,16H2,1-5H3,(H,25,29)(H,26,28). The van der Waals surface area contributed by atoms with Crippen LogP contribution in [0.5, 0.6) is 0 Å². The van der Waals surface area contributed by atoms with Gasteiger partial charge in [0.25, 0.3) is 5.91 Å². The highest BCUT2D eigenvalue weighted by molar-refractivity contribution is 7.92. The predicted molar refractivity (Wildman–Crippen MR) is 130 cm³/mol. The van der Waals surface area contributed by atoms with Gasteiger partial charge in [-0.05, 0) is 61.6 Å². The number of rotatable bonds is 10. The summed E-state index contributed by atoms with van der Waals surface area (Å²) in [4.78, 5) is 25.0. The molecule has 2 amide bonds. The van der Waals surface area contributed by atoms with E-state index in [0.29, 0.717) is 35.8 Å². The van der Waals surface area contributed by atoms with Crippen molar-refractivity contribution >= 4 is 33.2 Å². The Labute approximate surface area is 191 Å². The average Bonchev–Trinajstić information content (AvgIpc) is 2.68. The van der Waals surface area contributed by atoms with Crippen LogP contribution >= 0.6 is 0 Å². The minimum Gasteiger partial charge on any atom is -0.352 e. The SMILES string of the molecule is Cc1cc(C)cc(N(CCCC(=O)Nc2ccccc2C(=O)NCC(C)C)S(C)(=O)=O)c1. The summed E-state index contributed by atoms with van der Waals surface area (Å²) in [6, 6.07) is 12.5. The first kappa shape index (κ1) is 25.4. The second-order valence-corrected chi connectivity index (χ2v) is 10.4. The molecule has 32 heavy (non-hydrogen) atoms. The lowest BCUT2D eigenvalue weighted by Crippen LogP contribution is -2.31. The minimum atomic E-state index is -3.49. The number of benzene rings is 2. The van der Waals surface area contributed by atoms with Crippen LogP contribution in [0.2, 0.25) is 0 Å². The van der Waals surface area contributed by atoms with E-state index < -0.39 is 10.0 Å². The molecule has 0 aromatic heterocycles. The smallest absolute Gasteiger partial charge is 0.253 e. The molecule has 0 aliphatic rings. The summed E-state index contributed by atoms with van der Waals surface area (Å²) in [5.41, 5.74) is 3.37. The Hall–Kier alpha value is -2.87. The fraction of sp³-hybridized carbons (Fsp3) is 0.417. The Kier molecular flexibility index (Phi) is 8.83. The molecular formula is C24H33N3O4S. The number of carbonyl (C=O) groups is 2. The highest BCUT2D eigenvalue weighted by Gasteiger charge is 2.19. The summed E-state index contributed by atoms with van der Waals surface area (Å²) >= 11 is 0. The van der Waals surface area contributed by atoms with E-state index in [0.717, 1.165) is 17.4 Å². The predicted octanol–water partition coefficient (Wildman–Crippen LogP) is 3.87. The number of para-hydroxylation sites is 1. The fourth-order valence-corrected chi connectivity index (χ4v) is 4.31. The molecule has 2 aromatic rings. The first-order valence-corrected chi connectivity index (χ1v) is 12.6. The van der Waals surface area contributed by atoms with E-state index in [1.807, 2.05) is 45.9 Å². The molecule has 0 unspecified atom stereocenters. The van der Waals surface area contributed by atoms with Crippen LogP contribution in [0, 0.1) is 19.8 Å².